The second-order valence-corrected chi connectivity index (χ2v) is 8.08. The zero-order chi connectivity index (χ0) is 18.8. The predicted molar refractivity (Wildman–Crippen MR) is 101 cm³/mol. The molecule has 0 N–H and O–H groups in total. The summed E-state index contributed by atoms with van der Waals surface area (Å²) in [6.07, 6.45) is 5.04. The van der Waals surface area contributed by atoms with Crippen LogP contribution >= 0.6 is 23.2 Å². The summed E-state index contributed by atoms with van der Waals surface area (Å²) in [4.78, 5) is 18.9. The molecule has 0 spiro atoms. The Bertz CT molecular complexity index is 822. The molecule has 8 heteroatoms. The number of amides is 1. The fourth-order valence-electron chi connectivity index (χ4n) is 3.39. The zero-order valence-electron chi connectivity index (χ0n) is 14.9. The Kier molecular flexibility index (Phi) is 5.55. The van der Waals surface area contributed by atoms with Gasteiger partial charge in [0.25, 0.3) is 5.91 Å². The minimum atomic E-state index is -0.0464. The largest absolute Gasteiger partial charge is 0.482 e. The number of nitrogens with zero attached hydrogens (tertiary/aromatic N) is 3. The molecule has 1 unspecified atom stereocenters. The molecule has 27 heavy (non-hydrogen) atoms. The van der Waals surface area contributed by atoms with E-state index in [1.165, 1.54) is 0 Å². The van der Waals surface area contributed by atoms with E-state index in [9.17, 15) is 4.79 Å². The zero-order valence-corrected chi connectivity index (χ0v) is 16.4. The van der Waals surface area contributed by atoms with Crippen LogP contribution in [0.15, 0.2) is 22.7 Å². The van der Waals surface area contributed by atoms with E-state index >= 15 is 0 Å². The molecule has 1 saturated heterocycles. The molecular formula is C19H21Cl2N3O3. The first kappa shape index (κ1) is 18.6. The van der Waals surface area contributed by atoms with Gasteiger partial charge < -0.3 is 14.2 Å². The summed E-state index contributed by atoms with van der Waals surface area (Å²) in [5.41, 5.74) is 0. The van der Waals surface area contributed by atoms with Gasteiger partial charge in [-0.1, -0.05) is 28.4 Å². The van der Waals surface area contributed by atoms with E-state index in [1.54, 1.807) is 18.2 Å². The summed E-state index contributed by atoms with van der Waals surface area (Å²) in [5, 5.41) is 5.00. The van der Waals surface area contributed by atoms with Crippen molar-refractivity contribution in [1.29, 1.82) is 0 Å². The molecule has 1 atom stereocenters. The standard InChI is InChI=1S/C19H21Cl2N3O3/c20-14-5-6-16(15(21)9-14)26-11-18(25)24-7-1-2-12(10-24)8-17-22-19(23-27-17)13-3-4-13/h5-6,9,12-13H,1-4,7-8,10-11H2. The van der Waals surface area contributed by atoms with Gasteiger partial charge in [-0.05, 0) is 49.8 Å². The fraction of sp³-hybridized carbons (Fsp3) is 0.526. The van der Waals surface area contributed by atoms with Crippen LogP contribution in [0.2, 0.25) is 10.0 Å². The first-order valence-electron chi connectivity index (χ1n) is 9.26. The summed E-state index contributed by atoms with van der Waals surface area (Å²) in [6, 6.07) is 4.95. The Balaban J connectivity index is 1.29. The second kappa shape index (κ2) is 8.07. The predicted octanol–water partition coefficient (Wildman–Crippen LogP) is 4.11. The lowest BCUT2D eigenvalue weighted by Gasteiger charge is -2.32. The molecule has 2 aliphatic rings. The molecular weight excluding hydrogens is 389 g/mol. The van der Waals surface area contributed by atoms with Crippen LogP contribution in [0.4, 0.5) is 0 Å². The van der Waals surface area contributed by atoms with Crippen LogP contribution in [0, 0.1) is 5.92 Å². The molecule has 1 aromatic heterocycles. The number of carbonyl (C=O) groups excluding carboxylic acids is 1. The second-order valence-electron chi connectivity index (χ2n) is 7.24. The van der Waals surface area contributed by atoms with Crippen LogP contribution in [0.1, 0.15) is 43.3 Å². The summed E-state index contributed by atoms with van der Waals surface area (Å²) in [5.74, 6) is 2.75. The van der Waals surface area contributed by atoms with Gasteiger partial charge in [0.05, 0.1) is 5.02 Å². The number of hydrogen-bond donors (Lipinski definition) is 0. The van der Waals surface area contributed by atoms with E-state index in [4.69, 9.17) is 32.5 Å². The van der Waals surface area contributed by atoms with E-state index < -0.39 is 0 Å². The van der Waals surface area contributed by atoms with Gasteiger partial charge in [0, 0.05) is 30.5 Å². The van der Waals surface area contributed by atoms with Gasteiger partial charge in [-0.15, -0.1) is 0 Å². The molecule has 1 aliphatic carbocycles. The van der Waals surface area contributed by atoms with Crippen LogP contribution in [0.5, 0.6) is 5.75 Å². The van der Waals surface area contributed by atoms with Gasteiger partial charge in [-0.25, -0.2) is 0 Å². The maximum atomic E-state index is 12.5. The van der Waals surface area contributed by atoms with E-state index in [-0.39, 0.29) is 12.5 Å². The number of aromatic nitrogens is 2. The highest BCUT2D eigenvalue weighted by Crippen LogP contribution is 2.38. The molecule has 144 valence electrons. The lowest BCUT2D eigenvalue weighted by atomic mass is 9.95. The number of benzene rings is 1. The number of ether oxygens (including phenoxy) is 1. The van der Waals surface area contributed by atoms with Crippen molar-refractivity contribution in [2.24, 2.45) is 5.92 Å². The maximum absolute atomic E-state index is 12.5. The SMILES string of the molecule is O=C(COc1ccc(Cl)cc1Cl)N1CCCC(Cc2nc(C3CC3)no2)C1. The lowest BCUT2D eigenvalue weighted by molar-refractivity contribution is -0.135. The van der Waals surface area contributed by atoms with Crippen LogP contribution in [-0.4, -0.2) is 40.6 Å². The Morgan fingerprint density at radius 1 is 1.30 bits per heavy atom. The smallest absolute Gasteiger partial charge is 0.260 e. The molecule has 6 nitrogen and oxygen atoms in total. The average molecular weight is 410 g/mol. The molecule has 1 aliphatic heterocycles. The van der Waals surface area contributed by atoms with Gasteiger partial charge in [0.1, 0.15) is 5.75 Å². The molecule has 2 fully saturated rings. The van der Waals surface area contributed by atoms with Crippen molar-refractivity contribution in [3.05, 3.63) is 40.0 Å². The van der Waals surface area contributed by atoms with Gasteiger partial charge in [0.15, 0.2) is 12.4 Å². The highest BCUT2D eigenvalue weighted by atomic mass is 35.5. The number of carbonyl (C=O) groups is 1. The first-order chi connectivity index (χ1) is 13.1. The molecule has 2 heterocycles. The van der Waals surface area contributed by atoms with Crippen LogP contribution in [-0.2, 0) is 11.2 Å². The van der Waals surface area contributed by atoms with E-state index in [0.29, 0.717) is 46.5 Å². The van der Waals surface area contributed by atoms with E-state index in [0.717, 1.165) is 38.1 Å². The van der Waals surface area contributed by atoms with Crippen molar-refractivity contribution in [3.63, 3.8) is 0 Å². The molecule has 2 aromatic rings. The highest BCUT2D eigenvalue weighted by molar-refractivity contribution is 6.35. The summed E-state index contributed by atoms with van der Waals surface area (Å²) >= 11 is 12.0. The number of rotatable bonds is 6. The third kappa shape index (κ3) is 4.74. The van der Waals surface area contributed by atoms with Crippen LogP contribution in [0.25, 0.3) is 0 Å². The van der Waals surface area contributed by atoms with Crippen molar-refractivity contribution in [3.8, 4) is 5.75 Å². The van der Waals surface area contributed by atoms with Gasteiger partial charge in [0.2, 0.25) is 5.89 Å². The van der Waals surface area contributed by atoms with Crippen molar-refractivity contribution >= 4 is 29.1 Å². The monoisotopic (exact) mass is 409 g/mol. The molecule has 1 aromatic carbocycles. The summed E-state index contributed by atoms with van der Waals surface area (Å²) < 4.78 is 11.0. The number of halogens is 2. The van der Waals surface area contributed by atoms with Crippen molar-refractivity contribution in [2.45, 2.75) is 38.0 Å². The Hall–Kier alpha value is -1.79. The molecule has 1 saturated carbocycles. The summed E-state index contributed by atoms with van der Waals surface area (Å²) in [7, 11) is 0. The Labute approximate surface area is 167 Å². The lowest BCUT2D eigenvalue weighted by Crippen LogP contribution is -2.42. The van der Waals surface area contributed by atoms with Crippen molar-refractivity contribution in [1.82, 2.24) is 15.0 Å². The highest BCUT2D eigenvalue weighted by Gasteiger charge is 2.30. The molecule has 4 rings (SSSR count). The van der Waals surface area contributed by atoms with Gasteiger partial charge in [-0.3, -0.25) is 4.79 Å². The number of likely N-dealkylation sites (tertiary alicyclic amines) is 1. The molecule has 0 radical (unpaired) electrons. The minimum Gasteiger partial charge on any atom is -0.482 e. The first-order valence-corrected chi connectivity index (χ1v) is 10.0. The van der Waals surface area contributed by atoms with Crippen LogP contribution in [0.3, 0.4) is 0 Å². The summed E-state index contributed by atoms with van der Waals surface area (Å²) in [6.45, 7) is 1.38. The minimum absolute atomic E-state index is 0.0412. The van der Waals surface area contributed by atoms with Gasteiger partial charge >= 0.3 is 0 Å². The maximum Gasteiger partial charge on any atom is 0.260 e. The topological polar surface area (TPSA) is 68.5 Å². The van der Waals surface area contributed by atoms with Crippen molar-refractivity contribution < 1.29 is 14.1 Å². The number of piperidine rings is 1. The molecule has 0 bridgehead atoms. The third-order valence-electron chi connectivity index (χ3n) is 5.01. The van der Waals surface area contributed by atoms with Crippen LogP contribution < -0.4 is 4.74 Å². The third-order valence-corrected chi connectivity index (χ3v) is 5.54. The fourth-order valence-corrected chi connectivity index (χ4v) is 3.85. The van der Waals surface area contributed by atoms with E-state index in [2.05, 4.69) is 10.1 Å². The Morgan fingerprint density at radius 3 is 2.93 bits per heavy atom. The average Bonchev–Trinajstić information content (AvgIpc) is 3.41. The van der Waals surface area contributed by atoms with Crippen molar-refractivity contribution in [2.75, 3.05) is 19.7 Å². The normalized spacial score (nSPS) is 19.9. The quantitative estimate of drug-likeness (QED) is 0.717. The number of hydrogen-bond acceptors (Lipinski definition) is 5. The Morgan fingerprint density at radius 2 is 2.15 bits per heavy atom. The molecule has 1 amide bonds. The van der Waals surface area contributed by atoms with Gasteiger partial charge in [-0.2, -0.15) is 4.98 Å². The van der Waals surface area contributed by atoms with E-state index in [1.807, 2.05) is 4.90 Å².